The molecular weight excluding hydrogens is 370 g/mol. The molecule has 0 N–H and O–H groups in total. The molecule has 1 unspecified atom stereocenters. The molecule has 1 atom stereocenters. The molecule has 160 valence electrons. The Balaban J connectivity index is 1.80. The number of halogens is 2. The van der Waals surface area contributed by atoms with Gasteiger partial charge in [-0.3, -0.25) is 0 Å². The molecule has 2 aromatic rings. The van der Waals surface area contributed by atoms with Crippen molar-refractivity contribution in [2.45, 2.75) is 84.2 Å². The number of unbranched alkanes of at least 4 members (excludes halogenated alkanes) is 6. The molecular formula is C24H34F2N2O. The number of nitrogens with zero attached hydrogens (tertiary/aromatic N) is 2. The third-order valence-electron chi connectivity index (χ3n) is 5.10. The lowest BCUT2D eigenvalue weighted by Gasteiger charge is -2.10. The van der Waals surface area contributed by atoms with Gasteiger partial charge in [0.05, 0.1) is 6.61 Å². The van der Waals surface area contributed by atoms with Crippen LogP contribution in [0.2, 0.25) is 0 Å². The molecule has 0 radical (unpaired) electrons. The van der Waals surface area contributed by atoms with Crippen molar-refractivity contribution in [2.75, 3.05) is 6.61 Å². The molecule has 0 amide bonds. The standard InChI is InChI=1S/C24H34F2N2O/c1-3-5-6-7-8-9-10-11-19-17-27-24(28-18-19)20-12-13-23(22(26)16-20)29-15-14-21(25)4-2/h12-13,16-18,21H,3-11,14-15H2,1-2H3. The third-order valence-corrected chi connectivity index (χ3v) is 5.10. The fourth-order valence-electron chi connectivity index (χ4n) is 3.18. The zero-order valence-electron chi connectivity index (χ0n) is 17.8. The normalized spacial score (nSPS) is 12.1. The van der Waals surface area contributed by atoms with Crippen molar-refractivity contribution in [3.8, 4) is 17.1 Å². The maximum absolute atomic E-state index is 14.3. The van der Waals surface area contributed by atoms with Gasteiger partial charge in [0.25, 0.3) is 0 Å². The second-order valence-corrected chi connectivity index (χ2v) is 7.57. The van der Waals surface area contributed by atoms with E-state index < -0.39 is 12.0 Å². The summed E-state index contributed by atoms with van der Waals surface area (Å²) in [5.74, 6) is 0.145. The Bertz CT molecular complexity index is 707. The minimum atomic E-state index is -0.912. The van der Waals surface area contributed by atoms with Crippen molar-refractivity contribution in [3.05, 3.63) is 42.0 Å². The van der Waals surface area contributed by atoms with Crippen LogP contribution in [-0.4, -0.2) is 22.7 Å². The van der Waals surface area contributed by atoms with Crippen LogP contribution >= 0.6 is 0 Å². The van der Waals surface area contributed by atoms with Gasteiger partial charge in [-0.25, -0.2) is 18.7 Å². The fourth-order valence-corrected chi connectivity index (χ4v) is 3.18. The quantitative estimate of drug-likeness (QED) is 0.315. The van der Waals surface area contributed by atoms with E-state index in [1.807, 2.05) is 12.4 Å². The Morgan fingerprint density at radius 1 is 0.966 bits per heavy atom. The Morgan fingerprint density at radius 2 is 1.66 bits per heavy atom. The number of hydrogen-bond donors (Lipinski definition) is 0. The summed E-state index contributed by atoms with van der Waals surface area (Å²) in [5.41, 5.74) is 1.72. The number of ether oxygens (including phenoxy) is 1. The Hall–Kier alpha value is -2.04. The summed E-state index contributed by atoms with van der Waals surface area (Å²) in [4.78, 5) is 8.77. The summed E-state index contributed by atoms with van der Waals surface area (Å²) < 4.78 is 32.8. The van der Waals surface area contributed by atoms with E-state index >= 15 is 0 Å². The third kappa shape index (κ3) is 8.46. The summed E-state index contributed by atoms with van der Waals surface area (Å²) in [6, 6.07) is 4.66. The molecule has 0 saturated carbocycles. The maximum atomic E-state index is 14.3. The van der Waals surface area contributed by atoms with Crippen LogP contribution in [0.1, 0.15) is 77.2 Å². The van der Waals surface area contributed by atoms with Gasteiger partial charge in [-0.1, -0.05) is 52.4 Å². The monoisotopic (exact) mass is 404 g/mol. The molecule has 2 rings (SSSR count). The predicted molar refractivity (Wildman–Crippen MR) is 114 cm³/mol. The smallest absolute Gasteiger partial charge is 0.165 e. The highest BCUT2D eigenvalue weighted by molar-refractivity contribution is 5.56. The lowest BCUT2D eigenvalue weighted by molar-refractivity contribution is 0.225. The maximum Gasteiger partial charge on any atom is 0.165 e. The topological polar surface area (TPSA) is 35.0 Å². The van der Waals surface area contributed by atoms with Gasteiger partial charge in [-0.05, 0) is 43.0 Å². The van der Waals surface area contributed by atoms with E-state index in [-0.39, 0.29) is 18.8 Å². The van der Waals surface area contributed by atoms with Gasteiger partial charge in [-0.15, -0.1) is 0 Å². The predicted octanol–water partition coefficient (Wildman–Crippen LogP) is 7.09. The van der Waals surface area contributed by atoms with Crippen LogP contribution in [0.4, 0.5) is 8.78 Å². The van der Waals surface area contributed by atoms with Crippen molar-refractivity contribution < 1.29 is 13.5 Å². The zero-order chi connectivity index (χ0) is 20.9. The molecule has 3 nitrogen and oxygen atoms in total. The van der Waals surface area contributed by atoms with E-state index in [1.165, 1.54) is 44.6 Å². The summed E-state index contributed by atoms with van der Waals surface area (Å²) in [5, 5.41) is 0. The van der Waals surface area contributed by atoms with E-state index in [0.29, 0.717) is 17.8 Å². The number of benzene rings is 1. The second kappa shape index (κ2) is 13.2. The summed E-state index contributed by atoms with van der Waals surface area (Å²) >= 11 is 0. The minimum absolute atomic E-state index is 0.132. The molecule has 1 aromatic heterocycles. The number of alkyl halides is 1. The van der Waals surface area contributed by atoms with E-state index in [2.05, 4.69) is 16.9 Å². The first kappa shape index (κ1) is 23.2. The molecule has 1 aromatic carbocycles. The molecule has 0 aliphatic carbocycles. The molecule has 0 aliphatic heterocycles. The van der Waals surface area contributed by atoms with Gasteiger partial charge >= 0.3 is 0 Å². The Labute approximate surface area is 173 Å². The van der Waals surface area contributed by atoms with Crippen LogP contribution in [0, 0.1) is 5.82 Å². The fraction of sp³-hybridized carbons (Fsp3) is 0.583. The number of aryl methyl sites for hydroxylation is 1. The largest absolute Gasteiger partial charge is 0.490 e. The van der Waals surface area contributed by atoms with Crippen LogP contribution in [0.25, 0.3) is 11.4 Å². The van der Waals surface area contributed by atoms with Crippen molar-refractivity contribution >= 4 is 0 Å². The lowest BCUT2D eigenvalue weighted by atomic mass is 10.1. The molecule has 29 heavy (non-hydrogen) atoms. The van der Waals surface area contributed by atoms with Gasteiger partial charge < -0.3 is 4.74 Å². The summed E-state index contributed by atoms with van der Waals surface area (Å²) in [6.07, 6.45) is 13.4. The molecule has 5 heteroatoms. The van der Waals surface area contributed by atoms with Crippen molar-refractivity contribution in [2.24, 2.45) is 0 Å². The number of hydrogen-bond acceptors (Lipinski definition) is 3. The molecule has 1 heterocycles. The number of rotatable bonds is 14. The highest BCUT2D eigenvalue weighted by atomic mass is 19.1. The average molecular weight is 405 g/mol. The first-order valence-electron chi connectivity index (χ1n) is 11.0. The van der Waals surface area contributed by atoms with Crippen LogP contribution in [0.5, 0.6) is 5.75 Å². The van der Waals surface area contributed by atoms with Gasteiger partial charge in [0.15, 0.2) is 17.4 Å². The van der Waals surface area contributed by atoms with E-state index in [4.69, 9.17) is 4.74 Å². The van der Waals surface area contributed by atoms with Crippen LogP contribution in [-0.2, 0) is 6.42 Å². The summed E-state index contributed by atoms with van der Waals surface area (Å²) in [6.45, 7) is 4.17. The van der Waals surface area contributed by atoms with Gasteiger partial charge in [0.2, 0.25) is 0 Å². The van der Waals surface area contributed by atoms with Crippen molar-refractivity contribution in [3.63, 3.8) is 0 Å². The zero-order valence-corrected chi connectivity index (χ0v) is 17.8. The number of aromatic nitrogens is 2. The van der Waals surface area contributed by atoms with E-state index in [1.54, 1.807) is 19.1 Å². The van der Waals surface area contributed by atoms with Gasteiger partial charge in [0, 0.05) is 24.4 Å². The summed E-state index contributed by atoms with van der Waals surface area (Å²) in [7, 11) is 0. The molecule has 0 aliphatic rings. The Morgan fingerprint density at radius 3 is 2.31 bits per heavy atom. The van der Waals surface area contributed by atoms with Gasteiger partial charge in [0.1, 0.15) is 6.17 Å². The molecule has 0 bridgehead atoms. The highest BCUT2D eigenvalue weighted by Gasteiger charge is 2.10. The van der Waals surface area contributed by atoms with Crippen LogP contribution < -0.4 is 4.74 Å². The van der Waals surface area contributed by atoms with Crippen LogP contribution in [0.3, 0.4) is 0 Å². The van der Waals surface area contributed by atoms with Crippen LogP contribution in [0.15, 0.2) is 30.6 Å². The van der Waals surface area contributed by atoms with Crippen molar-refractivity contribution in [1.29, 1.82) is 0 Å². The lowest BCUT2D eigenvalue weighted by Crippen LogP contribution is -2.07. The molecule has 0 spiro atoms. The molecule has 0 saturated heterocycles. The van der Waals surface area contributed by atoms with Crippen molar-refractivity contribution in [1.82, 2.24) is 9.97 Å². The minimum Gasteiger partial charge on any atom is -0.490 e. The first-order valence-corrected chi connectivity index (χ1v) is 11.0. The average Bonchev–Trinajstić information content (AvgIpc) is 2.74. The second-order valence-electron chi connectivity index (χ2n) is 7.57. The Kier molecular flexibility index (Phi) is 10.6. The SMILES string of the molecule is CCCCCCCCCc1cnc(-c2ccc(OCCC(F)CC)c(F)c2)nc1. The highest BCUT2D eigenvalue weighted by Crippen LogP contribution is 2.24. The first-order chi connectivity index (χ1) is 14.1. The van der Waals surface area contributed by atoms with E-state index in [0.717, 1.165) is 18.4 Å². The van der Waals surface area contributed by atoms with E-state index in [9.17, 15) is 8.78 Å². The van der Waals surface area contributed by atoms with Gasteiger partial charge in [-0.2, -0.15) is 0 Å². The molecule has 0 fully saturated rings.